The lowest BCUT2D eigenvalue weighted by molar-refractivity contribution is -0.159. The van der Waals surface area contributed by atoms with Gasteiger partial charge >= 0.3 is 5.97 Å². The lowest BCUT2D eigenvalue weighted by atomic mass is 10.0. The summed E-state index contributed by atoms with van der Waals surface area (Å²) in [4.78, 5) is 38.3. The highest BCUT2D eigenvalue weighted by Gasteiger charge is 2.38. The van der Waals surface area contributed by atoms with Gasteiger partial charge in [-0.3, -0.25) is 14.5 Å². The van der Waals surface area contributed by atoms with Gasteiger partial charge in [-0.1, -0.05) is 12.8 Å². The van der Waals surface area contributed by atoms with E-state index in [1.165, 1.54) is 0 Å². The largest absolute Gasteiger partial charge is 0.480 e. The third-order valence-corrected chi connectivity index (χ3v) is 4.58. The van der Waals surface area contributed by atoms with Crippen molar-refractivity contribution in [2.75, 3.05) is 19.6 Å². The Morgan fingerprint density at radius 3 is 1.36 bits per heavy atom. The van der Waals surface area contributed by atoms with Crippen LogP contribution in [0, 0.1) is 0 Å². The first-order valence-corrected chi connectivity index (χ1v) is 10.0. The molecule has 0 saturated heterocycles. The van der Waals surface area contributed by atoms with Gasteiger partial charge in [0.2, 0.25) is 11.8 Å². The van der Waals surface area contributed by atoms with E-state index < -0.39 is 35.9 Å². The van der Waals surface area contributed by atoms with Gasteiger partial charge in [0, 0.05) is 0 Å². The summed E-state index contributed by atoms with van der Waals surface area (Å²) in [5, 5.41) is 9.64. The molecule has 0 aliphatic rings. The van der Waals surface area contributed by atoms with E-state index in [9.17, 15) is 19.5 Å². The fourth-order valence-corrected chi connectivity index (χ4v) is 2.88. The molecule has 0 aromatic rings. The van der Waals surface area contributed by atoms with E-state index in [1.807, 2.05) is 0 Å². The zero-order chi connectivity index (χ0) is 21.5. The van der Waals surface area contributed by atoms with Gasteiger partial charge in [-0.2, -0.15) is 0 Å². The number of carboxylic acids is 1. The number of unbranched alkanes of at least 4 members (excludes halogenated alkanes) is 3. The molecule has 3 unspecified atom stereocenters. The molecule has 10 heteroatoms. The maximum absolute atomic E-state index is 12.9. The molecule has 0 fully saturated rings. The predicted octanol–water partition coefficient (Wildman–Crippen LogP) is -1.16. The number of amides is 2. The molecule has 0 aliphatic heterocycles. The Hall–Kier alpha value is -1.59. The van der Waals surface area contributed by atoms with Gasteiger partial charge in [0.25, 0.3) is 0 Å². The van der Waals surface area contributed by atoms with Gasteiger partial charge in [-0.15, -0.1) is 0 Å². The van der Waals surface area contributed by atoms with Crippen molar-refractivity contribution < 1.29 is 19.5 Å². The van der Waals surface area contributed by atoms with Crippen LogP contribution in [0.2, 0.25) is 0 Å². The Bertz CT molecular complexity index is 449. The van der Waals surface area contributed by atoms with Crippen molar-refractivity contribution in [3.8, 4) is 0 Å². The molecule has 10 nitrogen and oxygen atoms in total. The highest BCUT2D eigenvalue weighted by molar-refractivity contribution is 6.03. The summed E-state index contributed by atoms with van der Waals surface area (Å²) in [6.07, 6.45) is 4.39. The molecule has 0 aliphatic carbocycles. The summed E-state index contributed by atoms with van der Waals surface area (Å²) in [6.45, 7) is 1.32. The molecule has 0 saturated carbocycles. The Kier molecular flexibility index (Phi) is 14.5. The molecule has 0 spiro atoms. The second-order valence-corrected chi connectivity index (χ2v) is 6.97. The molecule has 0 radical (unpaired) electrons. The molecule has 0 bridgehead atoms. The molecule has 2 amide bonds. The van der Waals surface area contributed by atoms with Gasteiger partial charge in [-0.05, 0) is 64.6 Å². The van der Waals surface area contributed by atoms with Crippen molar-refractivity contribution in [1.82, 2.24) is 4.90 Å². The molecular weight excluding hydrogens is 364 g/mol. The summed E-state index contributed by atoms with van der Waals surface area (Å²) in [5.74, 6) is -2.69. The van der Waals surface area contributed by atoms with Crippen LogP contribution in [-0.4, -0.2) is 65.5 Å². The Balaban J connectivity index is 5.43. The topological polar surface area (TPSA) is 205 Å². The van der Waals surface area contributed by atoms with Crippen molar-refractivity contribution in [1.29, 1.82) is 0 Å². The SMILES string of the molecule is NCCCCC(N)C(=O)N(C(=O)C(N)CCCCN)C(CCCCN)C(=O)O. The van der Waals surface area contributed by atoms with Gasteiger partial charge in [0.15, 0.2) is 0 Å². The van der Waals surface area contributed by atoms with E-state index in [1.54, 1.807) is 0 Å². The second-order valence-electron chi connectivity index (χ2n) is 6.97. The minimum Gasteiger partial charge on any atom is -0.480 e. The number of carboxylic acid groups (broad SMARTS) is 1. The van der Waals surface area contributed by atoms with Crippen molar-refractivity contribution in [2.24, 2.45) is 28.7 Å². The number of nitrogens with two attached hydrogens (primary N) is 5. The first-order chi connectivity index (χ1) is 13.3. The monoisotopic (exact) mass is 402 g/mol. The van der Waals surface area contributed by atoms with E-state index >= 15 is 0 Å². The quantitative estimate of drug-likeness (QED) is 0.172. The van der Waals surface area contributed by atoms with Crippen molar-refractivity contribution in [3.63, 3.8) is 0 Å². The highest BCUT2D eigenvalue weighted by Crippen LogP contribution is 2.16. The molecule has 28 heavy (non-hydrogen) atoms. The predicted molar refractivity (Wildman–Crippen MR) is 108 cm³/mol. The summed E-state index contributed by atoms with van der Waals surface area (Å²) in [7, 11) is 0. The average molecular weight is 403 g/mol. The van der Waals surface area contributed by atoms with Crippen LogP contribution in [0.4, 0.5) is 0 Å². The maximum atomic E-state index is 12.9. The number of carbonyl (C=O) groups excluding carboxylic acids is 2. The molecule has 3 atom stereocenters. The average Bonchev–Trinajstić information content (AvgIpc) is 2.66. The molecule has 0 aromatic heterocycles. The third kappa shape index (κ3) is 9.56. The van der Waals surface area contributed by atoms with E-state index in [0.717, 1.165) is 4.90 Å². The normalized spacial score (nSPS) is 14.3. The number of rotatable bonds is 16. The van der Waals surface area contributed by atoms with Crippen LogP contribution in [0.1, 0.15) is 57.8 Å². The smallest absolute Gasteiger partial charge is 0.326 e. The third-order valence-electron chi connectivity index (χ3n) is 4.58. The molecule has 0 rings (SSSR count). The van der Waals surface area contributed by atoms with Crippen molar-refractivity contribution in [3.05, 3.63) is 0 Å². The van der Waals surface area contributed by atoms with E-state index in [2.05, 4.69) is 0 Å². The summed E-state index contributed by atoms with van der Waals surface area (Å²) in [6, 6.07) is -3.28. The minimum atomic E-state index is -1.31. The fraction of sp³-hybridized carbons (Fsp3) is 0.833. The number of carbonyl (C=O) groups is 3. The molecule has 164 valence electrons. The Morgan fingerprint density at radius 2 is 1.04 bits per heavy atom. The minimum absolute atomic E-state index is 0.106. The standard InChI is InChI=1S/C18H38N6O4/c19-10-4-1-7-13(22)16(25)24(15(18(27)28)9-3-6-12-21)17(26)14(23)8-2-5-11-20/h13-15H,1-12,19-23H2,(H,27,28). The van der Waals surface area contributed by atoms with Crippen molar-refractivity contribution in [2.45, 2.75) is 75.9 Å². The van der Waals surface area contributed by atoms with E-state index in [4.69, 9.17) is 28.7 Å². The maximum Gasteiger partial charge on any atom is 0.326 e. The van der Waals surface area contributed by atoms with Crippen LogP contribution < -0.4 is 28.7 Å². The Labute approximate surface area is 167 Å². The van der Waals surface area contributed by atoms with E-state index in [-0.39, 0.29) is 6.42 Å². The summed E-state index contributed by atoms with van der Waals surface area (Å²) >= 11 is 0. The lowest BCUT2D eigenvalue weighted by Crippen LogP contribution is -2.58. The summed E-state index contributed by atoms with van der Waals surface area (Å²) < 4.78 is 0. The van der Waals surface area contributed by atoms with Crippen LogP contribution in [0.3, 0.4) is 0 Å². The molecule has 11 N–H and O–H groups in total. The number of aliphatic carboxylic acids is 1. The Morgan fingerprint density at radius 1 is 0.679 bits per heavy atom. The van der Waals surface area contributed by atoms with E-state index in [0.29, 0.717) is 71.0 Å². The van der Waals surface area contributed by atoms with Crippen LogP contribution in [0.25, 0.3) is 0 Å². The number of hydrogen-bond donors (Lipinski definition) is 6. The van der Waals surface area contributed by atoms with Gasteiger partial charge in [0.05, 0.1) is 12.1 Å². The van der Waals surface area contributed by atoms with Crippen LogP contribution >= 0.6 is 0 Å². The van der Waals surface area contributed by atoms with Crippen molar-refractivity contribution >= 4 is 17.8 Å². The number of hydrogen-bond acceptors (Lipinski definition) is 8. The van der Waals surface area contributed by atoms with Crippen LogP contribution in [0.5, 0.6) is 0 Å². The number of imide groups is 1. The van der Waals surface area contributed by atoms with Gasteiger partial charge in [0.1, 0.15) is 6.04 Å². The van der Waals surface area contributed by atoms with Gasteiger partial charge < -0.3 is 33.8 Å². The summed E-state index contributed by atoms with van der Waals surface area (Å²) in [5.41, 5.74) is 28.3. The second kappa shape index (κ2) is 15.3. The zero-order valence-corrected chi connectivity index (χ0v) is 16.7. The van der Waals surface area contributed by atoms with Crippen LogP contribution in [0.15, 0.2) is 0 Å². The molecule has 0 heterocycles. The first kappa shape index (κ1) is 26.4. The number of nitrogens with zero attached hydrogens (tertiary/aromatic N) is 1. The lowest BCUT2D eigenvalue weighted by Gasteiger charge is -2.31. The highest BCUT2D eigenvalue weighted by atomic mass is 16.4. The van der Waals surface area contributed by atoms with Crippen LogP contribution in [-0.2, 0) is 14.4 Å². The molecule has 0 aromatic carbocycles. The first-order valence-electron chi connectivity index (χ1n) is 10.0. The fourth-order valence-electron chi connectivity index (χ4n) is 2.88. The molecular formula is C18H38N6O4. The van der Waals surface area contributed by atoms with Gasteiger partial charge in [-0.25, -0.2) is 4.79 Å². The zero-order valence-electron chi connectivity index (χ0n) is 16.7.